The summed E-state index contributed by atoms with van der Waals surface area (Å²) in [4.78, 5) is 4.38. The second-order valence-electron chi connectivity index (χ2n) is 3.72. The average molecular weight is 241 g/mol. The Bertz CT molecular complexity index is 644. The third-order valence-electron chi connectivity index (χ3n) is 2.57. The van der Waals surface area contributed by atoms with Crippen LogP contribution < -0.4 is 4.74 Å². The minimum absolute atomic E-state index is 0.609. The van der Waals surface area contributed by atoms with Crippen LogP contribution in [0.15, 0.2) is 47.1 Å². The van der Waals surface area contributed by atoms with Crippen molar-refractivity contribution in [3.8, 4) is 28.7 Å². The Morgan fingerprint density at radius 2 is 2.17 bits per heavy atom. The quantitative estimate of drug-likeness (QED) is 0.765. The summed E-state index contributed by atoms with van der Waals surface area (Å²) >= 11 is 0. The summed E-state index contributed by atoms with van der Waals surface area (Å²) in [5.41, 5.74) is 0.892. The van der Waals surface area contributed by atoms with Gasteiger partial charge in [-0.2, -0.15) is 5.10 Å². The Labute approximate surface area is 103 Å². The number of rotatable bonds is 3. The summed E-state index contributed by atoms with van der Waals surface area (Å²) in [6, 6.07) is 11.2. The van der Waals surface area contributed by atoms with E-state index >= 15 is 0 Å². The standard InChI is InChI=1S/C13H11N3O2/c1-17-10-5-2-4-9(8-10)12-14-13(16-15-12)11-6-3-7-18-11/h2-8H,1H3,(H,14,15,16). The number of hydrogen-bond acceptors (Lipinski definition) is 4. The number of nitrogens with one attached hydrogen (secondary N) is 1. The van der Waals surface area contributed by atoms with Crippen molar-refractivity contribution in [1.29, 1.82) is 0 Å². The monoisotopic (exact) mass is 241 g/mol. The van der Waals surface area contributed by atoms with Crippen molar-refractivity contribution in [2.45, 2.75) is 0 Å². The van der Waals surface area contributed by atoms with Gasteiger partial charge in [-0.25, -0.2) is 4.98 Å². The first-order chi connectivity index (χ1) is 8.86. The molecule has 0 unspecified atom stereocenters. The van der Waals surface area contributed by atoms with Crippen molar-refractivity contribution < 1.29 is 9.15 Å². The number of aromatic nitrogens is 3. The van der Waals surface area contributed by atoms with Gasteiger partial charge in [-0.1, -0.05) is 12.1 Å². The van der Waals surface area contributed by atoms with E-state index in [2.05, 4.69) is 15.2 Å². The zero-order chi connectivity index (χ0) is 12.4. The zero-order valence-corrected chi connectivity index (χ0v) is 9.75. The van der Waals surface area contributed by atoms with Gasteiger partial charge in [-0.3, -0.25) is 5.10 Å². The molecule has 1 aromatic carbocycles. The molecule has 0 amide bonds. The maximum atomic E-state index is 5.26. The number of methoxy groups -OCH3 is 1. The molecule has 3 rings (SSSR count). The topological polar surface area (TPSA) is 63.9 Å². The van der Waals surface area contributed by atoms with Crippen LogP contribution in [0.25, 0.3) is 23.0 Å². The van der Waals surface area contributed by atoms with Crippen LogP contribution in [0.4, 0.5) is 0 Å². The molecule has 0 radical (unpaired) electrons. The SMILES string of the molecule is COc1cccc(-c2n[nH]c(-c3ccco3)n2)c1. The van der Waals surface area contributed by atoms with Crippen molar-refractivity contribution in [1.82, 2.24) is 15.2 Å². The smallest absolute Gasteiger partial charge is 0.192 e. The highest BCUT2D eigenvalue weighted by Gasteiger charge is 2.09. The highest BCUT2D eigenvalue weighted by atomic mass is 16.5. The van der Waals surface area contributed by atoms with E-state index in [4.69, 9.17) is 9.15 Å². The molecule has 18 heavy (non-hydrogen) atoms. The number of hydrogen-bond donors (Lipinski definition) is 1. The Morgan fingerprint density at radius 1 is 1.22 bits per heavy atom. The van der Waals surface area contributed by atoms with E-state index in [0.717, 1.165) is 11.3 Å². The number of nitrogens with zero attached hydrogens (tertiary/aromatic N) is 2. The first-order valence-electron chi connectivity index (χ1n) is 5.47. The molecule has 2 aromatic heterocycles. The lowest BCUT2D eigenvalue weighted by molar-refractivity contribution is 0.415. The van der Waals surface area contributed by atoms with E-state index < -0.39 is 0 Å². The molecule has 0 aliphatic rings. The first kappa shape index (κ1) is 10.6. The third-order valence-corrected chi connectivity index (χ3v) is 2.57. The van der Waals surface area contributed by atoms with Crippen LogP contribution in [0.3, 0.4) is 0 Å². The Balaban J connectivity index is 1.97. The average Bonchev–Trinajstić information content (AvgIpc) is 3.09. The summed E-state index contributed by atoms with van der Waals surface area (Å²) in [5.74, 6) is 2.66. The van der Waals surface area contributed by atoms with Gasteiger partial charge in [-0.15, -0.1) is 0 Å². The van der Waals surface area contributed by atoms with Gasteiger partial charge in [0.15, 0.2) is 17.4 Å². The summed E-state index contributed by atoms with van der Waals surface area (Å²) in [6.07, 6.45) is 1.60. The molecule has 0 atom stereocenters. The predicted molar refractivity (Wildman–Crippen MR) is 66.1 cm³/mol. The number of benzene rings is 1. The van der Waals surface area contributed by atoms with Gasteiger partial charge in [0.05, 0.1) is 13.4 Å². The Kier molecular flexibility index (Phi) is 2.57. The Hall–Kier alpha value is -2.56. The second kappa shape index (κ2) is 4.37. The fourth-order valence-corrected chi connectivity index (χ4v) is 1.68. The minimum Gasteiger partial charge on any atom is -0.497 e. The molecule has 0 bridgehead atoms. The highest BCUT2D eigenvalue weighted by molar-refractivity contribution is 5.60. The molecule has 1 N–H and O–H groups in total. The van der Waals surface area contributed by atoms with Crippen molar-refractivity contribution in [2.75, 3.05) is 7.11 Å². The minimum atomic E-state index is 0.609. The van der Waals surface area contributed by atoms with Crippen LogP contribution in [0.5, 0.6) is 5.75 Å². The molecule has 0 aliphatic carbocycles. The molecule has 90 valence electrons. The van der Waals surface area contributed by atoms with E-state index in [1.165, 1.54) is 0 Å². The second-order valence-corrected chi connectivity index (χ2v) is 3.72. The molecular formula is C13H11N3O2. The molecule has 0 spiro atoms. The van der Waals surface area contributed by atoms with Gasteiger partial charge in [-0.05, 0) is 24.3 Å². The molecule has 5 heteroatoms. The lowest BCUT2D eigenvalue weighted by Gasteiger charge is -2.00. The first-order valence-corrected chi connectivity index (χ1v) is 5.47. The predicted octanol–water partition coefficient (Wildman–Crippen LogP) is 2.74. The molecule has 0 saturated heterocycles. The lowest BCUT2D eigenvalue weighted by Crippen LogP contribution is -1.85. The van der Waals surface area contributed by atoms with E-state index in [-0.39, 0.29) is 0 Å². The van der Waals surface area contributed by atoms with Gasteiger partial charge in [0, 0.05) is 5.56 Å². The van der Waals surface area contributed by atoms with Gasteiger partial charge in [0.1, 0.15) is 5.75 Å². The summed E-state index contributed by atoms with van der Waals surface area (Å²) in [6.45, 7) is 0. The van der Waals surface area contributed by atoms with Crippen LogP contribution in [0.1, 0.15) is 0 Å². The molecule has 0 aliphatic heterocycles. The van der Waals surface area contributed by atoms with Crippen LogP contribution in [-0.4, -0.2) is 22.3 Å². The lowest BCUT2D eigenvalue weighted by atomic mass is 10.2. The van der Waals surface area contributed by atoms with E-state index in [0.29, 0.717) is 17.4 Å². The van der Waals surface area contributed by atoms with Gasteiger partial charge in [0.25, 0.3) is 0 Å². The van der Waals surface area contributed by atoms with Crippen molar-refractivity contribution in [2.24, 2.45) is 0 Å². The number of H-pyrrole nitrogens is 1. The van der Waals surface area contributed by atoms with Crippen LogP contribution in [-0.2, 0) is 0 Å². The largest absolute Gasteiger partial charge is 0.497 e. The van der Waals surface area contributed by atoms with Crippen molar-refractivity contribution >= 4 is 0 Å². The van der Waals surface area contributed by atoms with Crippen molar-refractivity contribution in [3.05, 3.63) is 42.7 Å². The summed E-state index contributed by atoms with van der Waals surface area (Å²) < 4.78 is 10.4. The third kappa shape index (κ3) is 1.86. The summed E-state index contributed by atoms with van der Waals surface area (Å²) in [5, 5.41) is 7.01. The van der Waals surface area contributed by atoms with E-state index in [1.807, 2.05) is 36.4 Å². The zero-order valence-electron chi connectivity index (χ0n) is 9.75. The Morgan fingerprint density at radius 3 is 2.94 bits per heavy atom. The van der Waals surface area contributed by atoms with Crippen LogP contribution in [0, 0.1) is 0 Å². The molecule has 2 heterocycles. The summed E-state index contributed by atoms with van der Waals surface area (Å²) in [7, 11) is 1.63. The molecule has 0 fully saturated rings. The highest BCUT2D eigenvalue weighted by Crippen LogP contribution is 2.23. The van der Waals surface area contributed by atoms with E-state index in [9.17, 15) is 0 Å². The van der Waals surface area contributed by atoms with Crippen LogP contribution in [0.2, 0.25) is 0 Å². The van der Waals surface area contributed by atoms with Gasteiger partial charge >= 0.3 is 0 Å². The maximum Gasteiger partial charge on any atom is 0.192 e. The number of furan rings is 1. The van der Waals surface area contributed by atoms with Crippen molar-refractivity contribution in [3.63, 3.8) is 0 Å². The number of ether oxygens (including phenoxy) is 1. The molecule has 5 nitrogen and oxygen atoms in total. The fourth-order valence-electron chi connectivity index (χ4n) is 1.68. The fraction of sp³-hybridized carbons (Fsp3) is 0.0769. The van der Waals surface area contributed by atoms with Crippen LogP contribution >= 0.6 is 0 Å². The normalized spacial score (nSPS) is 10.5. The maximum absolute atomic E-state index is 5.26. The van der Waals surface area contributed by atoms with Gasteiger partial charge in [0.2, 0.25) is 0 Å². The van der Waals surface area contributed by atoms with E-state index in [1.54, 1.807) is 13.4 Å². The number of aromatic amines is 1. The molecule has 3 aromatic rings. The van der Waals surface area contributed by atoms with Gasteiger partial charge < -0.3 is 9.15 Å². The molecule has 0 saturated carbocycles. The molecular weight excluding hydrogens is 230 g/mol.